The van der Waals surface area contributed by atoms with E-state index < -0.39 is 0 Å². The molecule has 5 rings (SSSR count). The lowest BCUT2D eigenvalue weighted by molar-refractivity contribution is 1.14. The maximum absolute atomic E-state index is 2.31. The Kier molecular flexibility index (Phi) is 9.57. The van der Waals surface area contributed by atoms with Gasteiger partial charge in [-0.3, -0.25) is 0 Å². The van der Waals surface area contributed by atoms with Crippen LogP contribution in [0.15, 0.2) is 158 Å². The Morgan fingerprint density at radius 3 is 1.05 bits per heavy atom. The van der Waals surface area contributed by atoms with Crippen LogP contribution in [0.4, 0.5) is 17.1 Å². The van der Waals surface area contributed by atoms with Gasteiger partial charge in [0.25, 0.3) is 0 Å². The molecular weight excluding hydrogens is 494 g/mol. The van der Waals surface area contributed by atoms with Gasteiger partial charge in [-0.1, -0.05) is 153 Å². The monoisotopic (exact) mass is 529 g/mol. The molecule has 0 spiro atoms. The lowest BCUT2D eigenvalue weighted by Gasteiger charge is -2.26. The van der Waals surface area contributed by atoms with E-state index in [0.717, 1.165) is 34.6 Å². The van der Waals surface area contributed by atoms with Crippen molar-refractivity contribution in [2.24, 2.45) is 0 Å². The zero-order valence-electron chi connectivity index (χ0n) is 23.5. The zero-order chi connectivity index (χ0) is 28.1. The summed E-state index contributed by atoms with van der Waals surface area (Å²) in [6.45, 7) is 2.19. The van der Waals surface area contributed by atoms with E-state index in [9.17, 15) is 0 Å². The van der Waals surface area contributed by atoms with Crippen LogP contribution in [0.2, 0.25) is 0 Å². The van der Waals surface area contributed by atoms with E-state index in [2.05, 4.69) is 182 Å². The average molecular weight is 530 g/mol. The maximum atomic E-state index is 2.31. The summed E-state index contributed by atoms with van der Waals surface area (Å²) in [5.74, 6) is 0. The van der Waals surface area contributed by atoms with Crippen LogP contribution in [0, 0.1) is 0 Å². The fraction of sp³-hybridized carbons (Fsp3) is 0.0500. The molecule has 0 N–H and O–H groups in total. The van der Waals surface area contributed by atoms with Crippen LogP contribution in [0.3, 0.4) is 0 Å². The molecule has 200 valence electrons. The Morgan fingerprint density at radius 2 is 0.707 bits per heavy atom. The summed E-state index contributed by atoms with van der Waals surface area (Å²) in [4.78, 5) is 2.31. The molecule has 1 nitrogen and oxygen atoms in total. The van der Waals surface area contributed by atoms with Crippen molar-refractivity contribution in [1.82, 2.24) is 0 Å². The second-order valence-electron chi connectivity index (χ2n) is 9.80. The van der Waals surface area contributed by atoms with Crippen LogP contribution in [0.1, 0.15) is 34.7 Å². The number of anilines is 3. The number of benzene rings is 5. The van der Waals surface area contributed by atoms with Gasteiger partial charge in [0, 0.05) is 17.1 Å². The molecule has 0 saturated carbocycles. The quantitative estimate of drug-likeness (QED) is 0.163. The van der Waals surface area contributed by atoms with E-state index in [0.29, 0.717) is 0 Å². The molecule has 0 atom stereocenters. The molecule has 0 bridgehead atoms. The van der Waals surface area contributed by atoms with Gasteiger partial charge in [-0.15, -0.1) is 0 Å². The molecule has 0 aliphatic carbocycles. The highest BCUT2D eigenvalue weighted by Crippen LogP contribution is 2.35. The highest BCUT2D eigenvalue weighted by Gasteiger charge is 2.12. The molecule has 0 heterocycles. The first kappa shape index (κ1) is 27.4. The number of hydrogen-bond donors (Lipinski definition) is 0. The van der Waals surface area contributed by atoms with Gasteiger partial charge in [0.2, 0.25) is 0 Å². The van der Waals surface area contributed by atoms with E-state index in [1.54, 1.807) is 0 Å². The van der Waals surface area contributed by atoms with E-state index in [1.807, 2.05) is 12.1 Å². The van der Waals surface area contributed by atoms with Gasteiger partial charge in [0.1, 0.15) is 0 Å². The average Bonchev–Trinajstić information content (AvgIpc) is 3.04. The third-order valence-corrected chi connectivity index (χ3v) is 6.88. The van der Waals surface area contributed by atoms with Crippen molar-refractivity contribution in [2.75, 3.05) is 4.90 Å². The topological polar surface area (TPSA) is 3.24 Å². The smallest absolute Gasteiger partial charge is 0.0462 e. The molecule has 0 unspecified atom stereocenters. The largest absolute Gasteiger partial charge is 0.311 e. The Hall–Kier alpha value is -5.14. The molecule has 41 heavy (non-hydrogen) atoms. The highest BCUT2D eigenvalue weighted by molar-refractivity contribution is 5.78. The summed E-state index contributed by atoms with van der Waals surface area (Å²) in [6.07, 6.45) is 17.9. The van der Waals surface area contributed by atoms with Gasteiger partial charge in [0.05, 0.1) is 0 Å². The van der Waals surface area contributed by atoms with Crippen molar-refractivity contribution in [3.8, 4) is 0 Å². The summed E-state index contributed by atoms with van der Waals surface area (Å²) in [6, 6.07) is 47.0. The molecule has 0 fully saturated rings. The SMILES string of the molecule is CCc1ccc(N(c2ccc(/C=C/C=C/c3ccccc3)cc2)c2ccc(/C=C/C=C/c3ccccc3)cc2)cc1. The molecule has 1 heteroatoms. The number of aryl methyl sites for hydroxylation is 1. The summed E-state index contributed by atoms with van der Waals surface area (Å²) in [7, 11) is 0. The Bertz CT molecular complexity index is 1500. The number of hydrogen-bond acceptors (Lipinski definition) is 1. The molecular formula is C40H35N. The predicted octanol–water partition coefficient (Wildman–Crippen LogP) is 11.2. The first-order valence-electron chi connectivity index (χ1n) is 14.2. The molecule has 0 aliphatic heterocycles. The van der Waals surface area contributed by atoms with Crippen LogP contribution >= 0.6 is 0 Å². The lowest BCUT2D eigenvalue weighted by Crippen LogP contribution is -2.09. The minimum absolute atomic E-state index is 1.03. The molecule has 0 radical (unpaired) electrons. The van der Waals surface area contributed by atoms with Crippen LogP contribution in [-0.4, -0.2) is 0 Å². The Morgan fingerprint density at radius 1 is 0.390 bits per heavy atom. The molecule has 5 aromatic carbocycles. The Labute approximate surface area is 244 Å². The second kappa shape index (κ2) is 14.3. The fourth-order valence-corrected chi connectivity index (χ4v) is 4.59. The highest BCUT2D eigenvalue weighted by atomic mass is 15.1. The molecule has 0 amide bonds. The van der Waals surface area contributed by atoms with Crippen molar-refractivity contribution in [3.05, 3.63) is 186 Å². The maximum Gasteiger partial charge on any atom is 0.0462 e. The third kappa shape index (κ3) is 7.94. The van der Waals surface area contributed by atoms with Crippen molar-refractivity contribution < 1.29 is 0 Å². The summed E-state index contributed by atoms with van der Waals surface area (Å²) < 4.78 is 0. The minimum atomic E-state index is 1.03. The molecule has 0 saturated heterocycles. The van der Waals surface area contributed by atoms with E-state index in [4.69, 9.17) is 0 Å². The Balaban J connectivity index is 1.34. The number of rotatable bonds is 10. The number of nitrogens with zero attached hydrogens (tertiary/aromatic N) is 1. The normalized spacial score (nSPS) is 11.7. The van der Waals surface area contributed by atoms with Gasteiger partial charge >= 0.3 is 0 Å². The van der Waals surface area contributed by atoms with Gasteiger partial charge < -0.3 is 4.90 Å². The fourth-order valence-electron chi connectivity index (χ4n) is 4.59. The van der Waals surface area contributed by atoms with Crippen molar-refractivity contribution in [1.29, 1.82) is 0 Å². The summed E-state index contributed by atoms with van der Waals surface area (Å²) in [5, 5.41) is 0. The van der Waals surface area contributed by atoms with Gasteiger partial charge in [0.15, 0.2) is 0 Å². The van der Waals surface area contributed by atoms with Crippen LogP contribution < -0.4 is 4.90 Å². The van der Waals surface area contributed by atoms with Gasteiger partial charge in [-0.2, -0.15) is 0 Å². The van der Waals surface area contributed by atoms with Crippen LogP contribution in [0.25, 0.3) is 24.3 Å². The van der Waals surface area contributed by atoms with E-state index in [1.165, 1.54) is 16.7 Å². The first-order valence-corrected chi connectivity index (χ1v) is 14.2. The predicted molar refractivity (Wildman–Crippen MR) is 180 cm³/mol. The standard InChI is InChI=1S/C40H35N/c1-2-33-21-27-38(28-22-33)41(39-29-23-36(24-30-39)19-11-9-17-34-13-5-3-6-14-34)40-31-25-37(26-32-40)20-12-10-18-35-15-7-4-8-16-35/h3-32H,2H2,1H3/b17-9+,18-10+,19-11+,20-12+. The van der Waals surface area contributed by atoms with Crippen molar-refractivity contribution in [2.45, 2.75) is 13.3 Å². The lowest BCUT2D eigenvalue weighted by atomic mass is 10.1. The number of allylic oxidation sites excluding steroid dienone is 4. The van der Waals surface area contributed by atoms with Crippen molar-refractivity contribution in [3.63, 3.8) is 0 Å². The zero-order valence-corrected chi connectivity index (χ0v) is 23.5. The van der Waals surface area contributed by atoms with E-state index >= 15 is 0 Å². The van der Waals surface area contributed by atoms with Gasteiger partial charge in [-0.25, -0.2) is 0 Å². The first-order chi connectivity index (χ1) is 20.3. The summed E-state index contributed by atoms with van der Waals surface area (Å²) in [5.41, 5.74) is 9.45. The van der Waals surface area contributed by atoms with E-state index in [-0.39, 0.29) is 0 Å². The van der Waals surface area contributed by atoms with Gasteiger partial charge in [-0.05, 0) is 70.6 Å². The van der Waals surface area contributed by atoms with Crippen LogP contribution in [-0.2, 0) is 6.42 Å². The van der Waals surface area contributed by atoms with Crippen molar-refractivity contribution >= 4 is 41.4 Å². The molecule has 5 aromatic rings. The third-order valence-electron chi connectivity index (χ3n) is 6.88. The van der Waals surface area contributed by atoms with Crippen LogP contribution in [0.5, 0.6) is 0 Å². The molecule has 0 aromatic heterocycles. The second-order valence-corrected chi connectivity index (χ2v) is 9.80. The summed E-state index contributed by atoms with van der Waals surface area (Å²) >= 11 is 0. The molecule has 0 aliphatic rings. The minimum Gasteiger partial charge on any atom is -0.311 e.